The molecule has 0 aromatic heterocycles. The number of amides is 1. The van der Waals surface area contributed by atoms with Gasteiger partial charge < -0.3 is 4.90 Å². The van der Waals surface area contributed by atoms with Crippen LogP contribution in [0, 0.1) is 17.8 Å². The summed E-state index contributed by atoms with van der Waals surface area (Å²) in [5.41, 5.74) is -3.36. The van der Waals surface area contributed by atoms with Crippen molar-refractivity contribution < 1.29 is 31.1 Å². The number of benzene rings is 1. The van der Waals surface area contributed by atoms with E-state index in [1.165, 1.54) is 37.9 Å². The van der Waals surface area contributed by atoms with Crippen molar-refractivity contribution in [2.24, 2.45) is 22.7 Å². The lowest BCUT2D eigenvalue weighted by Gasteiger charge is -2.55. The largest absolute Gasteiger partial charge is 0.416 e. The van der Waals surface area contributed by atoms with Crippen molar-refractivity contribution in [3.8, 4) is 0 Å². The molecule has 202 valence electrons. The first-order valence-electron chi connectivity index (χ1n) is 12.9. The highest BCUT2D eigenvalue weighted by atomic mass is 32.2. The Morgan fingerprint density at radius 2 is 1.46 bits per heavy atom. The molecule has 4 bridgehead atoms. The molecule has 1 aliphatic heterocycles. The number of rotatable bonds is 4. The molecule has 7 rings (SSSR count). The number of hydrogen-bond acceptors (Lipinski definition) is 3. The second-order valence-corrected chi connectivity index (χ2v) is 12.6. The van der Waals surface area contributed by atoms with E-state index in [1.807, 2.05) is 4.90 Å². The maximum atomic E-state index is 13.6. The summed E-state index contributed by atoms with van der Waals surface area (Å²) in [6.45, 7) is 1.19. The first-order chi connectivity index (χ1) is 17.3. The van der Waals surface area contributed by atoms with E-state index in [9.17, 15) is 31.1 Å². The summed E-state index contributed by atoms with van der Waals surface area (Å²) in [4.78, 5) is 21.3. The summed E-state index contributed by atoms with van der Waals surface area (Å²) in [5, 5.41) is 0.795. The standard InChI is InChI=1S/C26H29F6N3OS/c1-14(36)34(21-8-18(25(27,28)29)7-19(9-21)26(30,31)32)22-13-37-23(35(22)20-2-3-20)33-24-10-15-4-16(11-24)6-17(5-15)12-24/h7-9,15-17,20,22H,2-6,10-13H2,1H3. The molecule has 1 aromatic rings. The van der Waals surface area contributed by atoms with Gasteiger partial charge in [0.15, 0.2) is 5.17 Å². The first kappa shape index (κ1) is 25.4. The fourth-order valence-corrected chi connectivity index (χ4v) is 8.80. The lowest BCUT2D eigenvalue weighted by Crippen LogP contribution is -2.53. The Morgan fingerprint density at radius 3 is 1.89 bits per heavy atom. The number of alkyl halides is 6. The maximum Gasteiger partial charge on any atom is 0.416 e. The summed E-state index contributed by atoms with van der Waals surface area (Å²) in [7, 11) is 0. The monoisotopic (exact) mass is 545 g/mol. The minimum absolute atomic E-state index is 0.0856. The first-order valence-corrected chi connectivity index (χ1v) is 13.9. The highest BCUT2D eigenvalue weighted by Crippen LogP contribution is 2.58. The van der Waals surface area contributed by atoms with Gasteiger partial charge in [0.2, 0.25) is 5.91 Å². The zero-order valence-corrected chi connectivity index (χ0v) is 21.2. The number of hydrogen-bond donors (Lipinski definition) is 0. The van der Waals surface area contributed by atoms with Crippen LogP contribution in [0.3, 0.4) is 0 Å². The van der Waals surface area contributed by atoms with Gasteiger partial charge in [-0.2, -0.15) is 26.3 Å². The van der Waals surface area contributed by atoms with Gasteiger partial charge in [0, 0.05) is 24.4 Å². The lowest BCUT2D eigenvalue weighted by atomic mass is 9.53. The van der Waals surface area contributed by atoms with Gasteiger partial charge in [0.1, 0.15) is 6.17 Å². The Kier molecular flexibility index (Phi) is 5.86. The van der Waals surface area contributed by atoms with Gasteiger partial charge in [0.05, 0.1) is 16.7 Å². The van der Waals surface area contributed by atoms with Crippen molar-refractivity contribution in [3.05, 3.63) is 29.3 Å². The molecule has 1 saturated heterocycles. The Bertz CT molecular complexity index is 1060. The third-order valence-electron chi connectivity index (χ3n) is 8.67. The van der Waals surface area contributed by atoms with Crippen molar-refractivity contribution in [3.63, 3.8) is 0 Å². The normalized spacial score (nSPS) is 34.5. The van der Waals surface area contributed by atoms with Crippen molar-refractivity contribution in [1.29, 1.82) is 0 Å². The Balaban J connectivity index is 1.37. The van der Waals surface area contributed by atoms with E-state index in [0.717, 1.165) is 42.2 Å². The topological polar surface area (TPSA) is 35.9 Å². The molecule has 5 saturated carbocycles. The lowest BCUT2D eigenvalue weighted by molar-refractivity contribution is -0.143. The molecular formula is C26H29F6N3OS. The van der Waals surface area contributed by atoms with Crippen molar-refractivity contribution in [1.82, 2.24) is 4.90 Å². The van der Waals surface area contributed by atoms with E-state index in [2.05, 4.69) is 0 Å². The van der Waals surface area contributed by atoms with Gasteiger partial charge in [0.25, 0.3) is 0 Å². The van der Waals surface area contributed by atoms with Crippen LogP contribution in [-0.4, -0.2) is 39.5 Å². The van der Waals surface area contributed by atoms with Crippen LogP contribution in [0.25, 0.3) is 0 Å². The van der Waals surface area contributed by atoms with Crippen LogP contribution in [0.4, 0.5) is 32.0 Å². The molecule has 1 heterocycles. The second-order valence-electron chi connectivity index (χ2n) is 11.6. The summed E-state index contributed by atoms with van der Waals surface area (Å²) < 4.78 is 81.4. The van der Waals surface area contributed by atoms with E-state index < -0.39 is 35.6 Å². The number of aliphatic imine (C=N–C) groups is 1. The number of thioether (sulfide) groups is 1. The Morgan fingerprint density at radius 1 is 0.946 bits per heavy atom. The van der Waals surface area contributed by atoms with Crippen LogP contribution in [0.15, 0.2) is 23.2 Å². The highest BCUT2D eigenvalue weighted by molar-refractivity contribution is 8.14. The number of halogens is 6. The van der Waals surface area contributed by atoms with Gasteiger partial charge in [-0.25, -0.2) is 0 Å². The average molecular weight is 546 g/mol. The number of carbonyl (C=O) groups is 1. The Hall–Kier alpha value is -1.91. The van der Waals surface area contributed by atoms with Gasteiger partial charge >= 0.3 is 12.4 Å². The fourth-order valence-electron chi connectivity index (χ4n) is 7.52. The van der Waals surface area contributed by atoms with Crippen molar-refractivity contribution >= 4 is 28.5 Å². The molecule has 1 amide bonds. The molecular weight excluding hydrogens is 516 g/mol. The maximum absolute atomic E-state index is 13.6. The summed E-state index contributed by atoms with van der Waals surface area (Å²) in [6.07, 6.45) is -1.99. The number of anilines is 1. The number of carbonyl (C=O) groups excluding carboxylic acids is 1. The number of amidine groups is 1. The third kappa shape index (κ3) is 4.74. The van der Waals surface area contributed by atoms with E-state index in [4.69, 9.17) is 4.99 Å². The summed E-state index contributed by atoms with van der Waals surface area (Å²) in [6, 6.07) is 1.49. The predicted molar refractivity (Wildman–Crippen MR) is 129 cm³/mol. The zero-order chi connectivity index (χ0) is 26.3. The third-order valence-corrected chi connectivity index (χ3v) is 9.70. The van der Waals surface area contributed by atoms with E-state index >= 15 is 0 Å². The van der Waals surface area contributed by atoms with E-state index in [0.29, 0.717) is 35.6 Å². The SMILES string of the molecule is CC(=O)N(c1cc(C(F)(F)F)cc(C(F)(F)F)c1)C1CSC(=NC23CC4CC(CC(C4)C2)C3)N1C1CC1. The quantitative estimate of drug-likeness (QED) is 0.385. The van der Waals surface area contributed by atoms with Crippen LogP contribution in [0.1, 0.15) is 69.4 Å². The summed E-state index contributed by atoms with van der Waals surface area (Å²) in [5.74, 6) is 1.81. The molecule has 1 unspecified atom stereocenters. The molecule has 0 N–H and O–H groups in total. The van der Waals surface area contributed by atoms with Crippen molar-refractivity contribution in [2.45, 2.75) is 88.4 Å². The van der Waals surface area contributed by atoms with Gasteiger partial charge in [-0.05, 0) is 87.3 Å². The molecule has 37 heavy (non-hydrogen) atoms. The zero-order valence-electron chi connectivity index (χ0n) is 20.4. The van der Waals surface area contributed by atoms with E-state index in [-0.39, 0.29) is 23.3 Å². The minimum Gasteiger partial charge on any atom is -0.327 e. The molecule has 4 nitrogen and oxygen atoms in total. The molecule has 11 heteroatoms. The average Bonchev–Trinajstić information content (AvgIpc) is 3.53. The van der Waals surface area contributed by atoms with Crippen LogP contribution in [0.5, 0.6) is 0 Å². The Labute approximate surface area is 215 Å². The van der Waals surface area contributed by atoms with Crippen LogP contribution in [0.2, 0.25) is 0 Å². The molecule has 5 aliphatic carbocycles. The van der Waals surface area contributed by atoms with Crippen LogP contribution >= 0.6 is 11.8 Å². The molecule has 6 aliphatic rings. The fraction of sp³-hybridized carbons (Fsp3) is 0.692. The second kappa shape index (κ2) is 8.55. The van der Waals surface area contributed by atoms with Crippen LogP contribution < -0.4 is 4.90 Å². The molecule has 1 aromatic carbocycles. The van der Waals surface area contributed by atoms with E-state index in [1.54, 1.807) is 0 Å². The van der Waals surface area contributed by atoms with Gasteiger partial charge in [-0.1, -0.05) is 11.8 Å². The molecule has 6 fully saturated rings. The molecule has 1 atom stereocenters. The molecule has 0 spiro atoms. The van der Waals surface area contributed by atoms with Crippen molar-refractivity contribution in [2.75, 3.05) is 10.7 Å². The predicted octanol–water partition coefficient (Wildman–Crippen LogP) is 6.94. The summed E-state index contributed by atoms with van der Waals surface area (Å²) >= 11 is 1.47. The smallest absolute Gasteiger partial charge is 0.327 e. The highest BCUT2D eigenvalue weighted by Gasteiger charge is 2.53. The molecule has 0 radical (unpaired) electrons. The van der Waals surface area contributed by atoms with Gasteiger partial charge in [-0.15, -0.1) is 0 Å². The van der Waals surface area contributed by atoms with Gasteiger partial charge in [-0.3, -0.25) is 14.7 Å². The van der Waals surface area contributed by atoms with Crippen LogP contribution in [-0.2, 0) is 17.1 Å². The number of nitrogens with zero attached hydrogens (tertiary/aromatic N) is 3. The minimum atomic E-state index is -4.98.